The highest BCUT2D eigenvalue weighted by atomic mass is 32.1. The van der Waals surface area contributed by atoms with E-state index in [0.717, 1.165) is 11.4 Å². The first-order valence-electron chi connectivity index (χ1n) is 2.76. The van der Waals surface area contributed by atoms with Crippen LogP contribution in [-0.2, 0) is 0 Å². The maximum atomic E-state index is 4.79. The van der Waals surface area contributed by atoms with Gasteiger partial charge in [0.25, 0.3) is 0 Å². The average Bonchev–Trinajstić information content (AvgIpc) is 2.59. The predicted molar refractivity (Wildman–Crippen MR) is 37.6 cm³/mol. The lowest BCUT2D eigenvalue weighted by Gasteiger charge is -1.80. The lowest BCUT2D eigenvalue weighted by Crippen LogP contribution is -1.72. The van der Waals surface area contributed by atoms with E-state index in [1.807, 2.05) is 11.4 Å². The molecule has 0 aliphatic carbocycles. The molecular formula is C6H4N2OS. The van der Waals surface area contributed by atoms with E-state index < -0.39 is 0 Å². The lowest BCUT2D eigenvalue weighted by atomic mass is 10.3. The van der Waals surface area contributed by atoms with Gasteiger partial charge in [0.15, 0.2) is 6.39 Å². The van der Waals surface area contributed by atoms with Crippen molar-refractivity contribution in [2.45, 2.75) is 0 Å². The van der Waals surface area contributed by atoms with Gasteiger partial charge in [-0.2, -0.15) is 4.37 Å². The SMILES string of the molecule is c1nc(-c2ccsn2)co1. The first-order chi connectivity index (χ1) is 4.97. The molecule has 0 saturated heterocycles. The largest absolute Gasteiger partial charge is 0.451 e. The van der Waals surface area contributed by atoms with Gasteiger partial charge in [-0.05, 0) is 17.6 Å². The standard InChI is InChI=1S/C6H4N2OS/c1-2-10-8-5(1)6-3-9-4-7-6/h1-4H. The molecule has 0 bridgehead atoms. The van der Waals surface area contributed by atoms with Crippen LogP contribution < -0.4 is 0 Å². The van der Waals surface area contributed by atoms with Crippen molar-refractivity contribution in [2.24, 2.45) is 0 Å². The first-order valence-corrected chi connectivity index (χ1v) is 3.59. The maximum absolute atomic E-state index is 4.79. The predicted octanol–water partition coefficient (Wildman–Crippen LogP) is 1.80. The molecule has 0 aliphatic rings. The van der Waals surface area contributed by atoms with Gasteiger partial charge in [-0.25, -0.2) is 4.98 Å². The zero-order valence-corrected chi connectivity index (χ0v) is 5.84. The third kappa shape index (κ3) is 0.823. The van der Waals surface area contributed by atoms with Gasteiger partial charge >= 0.3 is 0 Å². The minimum absolute atomic E-state index is 0.793. The van der Waals surface area contributed by atoms with Crippen LogP contribution in [0.4, 0.5) is 0 Å². The van der Waals surface area contributed by atoms with E-state index in [1.54, 1.807) is 6.26 Å². The van der Waals surface area contributed by atoms with Gasteiger partial charge in [-0.1, -0.05) is 0 Å². The Morgan fingerprint density at radius 1 is 1.40 bits per heavy atom. The quantitative estimate of drug-likeness (QED) is 0.625. The summed E-state index contributed by atoms with van der Waals surface area (Å²) < 4.78 is 8.87. The fourth-order valence-electron chi connectivity index (χ4n) is 0.684. The summed E-state index contributed by atoms with van der Waals surface area (Å²) in [4.78, 5) is 3.94. The van der Waals surface area contributed by atoms with Crippen LogP contribution in [-0.4, -0.2) is 9.36 Å². The van der Waals surface area contributed by atoms with E-state index in [9.17, 15) is 0 Å². The molecule has 0 N–H and O–H groups in total. The molecule has 3 nitrogen and oxygen atoms in total. The Kier molecular flexibility index (Phi) is 1.25. The molecule has 4 heteroatoms. The van der Waals surface area contributed by atoms with E-state index in [1.165, 1.54) is 17.9 Å². The summed E-state index contributed by atoms with van der Waals surface area (Å²) >= 11 is 1.41. The zero-order chi connectivity index (χ0) is 6.81. The zero-order valence-electron chi connectivity index (χ0n) is 5.02. The summed E-state index contributed by atoms with van der Waals surface area (Å²) in [5, 5.41) is 1.91. The van der Waals surface area contributed by atoms with Gasteiger partial charge in [-0.15, -0.1) is 0 Å². The van der Waals surface area contributed by atoms with Crippen molar-refractivity contribution in [2.75, 3.05) is 0 Å². The summed E-state index contributed by atoms with van der Waals surface area (Å²) in [5.74, 6) is 0. The molecule has 2 rings (SSSR count). The molecule has 2 aromatic rings. The van der Waals surface area contributed by atoms with Crippen LogP contribution in [0.5, 0.6) is 0 Å². The topological polar surface area (TPSA) is 38.9 Å². The molecule has 50 valence electrons. The molecular weight excluding hydrogens is 148 g/mol. The Bertz CT molecular complexity index is 255. The number of oxazole rings is 1. The van der Waals surface area contributed by atoms with Crippen molar-refractivity contribution in [3.63, 3.8) is 0 Å². The Morgan fingerprint density at radius 2 is 2.40 bits per heavy atom. The molecule has 0 amide bonds. The fourth-order valence-corrected chi connectivity index (χ4v) is 1.20. The smallest absolute Gasteiger partial charge is 0.181 e. The molecule has 0 atom stereocenters. The molecule has 2 aromatic heterocycles. The van der Waals surface area contributed by atoms with Crippen LogP contribution >= 0.6 is 11.5 Å². The van der Waals surface area contributed by atoms with Crippen LogP contribution in [0.25, 0.3) is 11.4 Å². The average molecular weight is 152 g/mol. The molecule has 0 radical (unpaired) electrons. The molecule has 0 unspecified atom stereocenters. The van der Waals surface area contributed by atoms with Crippen LogP contribution in [0.15, 0.2) is 28.5 Å². The Labute approximate surface area is 61.5 Å². The summed E-state index contributed by atoms with van der Waals surface area (Å²) in [6, 6.07) is 1.91. The van der Waals surface area contributed by atoms with Crippen LogP contribution in [0, 0.1) is 0 Å². The highest BCUT2D eigenvalue weighted by Gasteiger charge is 2.00. The molecule has 10 heavy (non-hydrogen) atoms. The molecule has 0 spiro atoms. The van der Waals surface area contributed by atoms with E-state index in [2.05, 4.69) is 9.36 Å². The van der Waals surface area contributed by atoms with Gasteiger partial charge in [0.2, 0.25) is 0 Å². The highest BCUT2D eigenvalue weighted by molar-refractivity contribution is 7.03. The minimum Gasteiger partial charge on any atom is -0.451 e. The maximum Gasteiger partial charge on any atom is 0.181 e. The van der Waals surface area contributed by atoms with Crippen molar-refractivity contribution in [1.82, 2.24) is 9.36 Å². The van der Waals surface area contributed by atoms with Crippen LogP contribution in [0.2, 0.25) is 0 Å². The molecule has 0 aromatic carbocycles. The van der Waals surface area contributed by atoms with Gasteiger partial charge in [0.1, 0.15) is 17.7 Å². The summed E-state index contributed by atoms with van der Waals surface area (Å²) in [6.45, 7) is 0. The molecule has 0 fully saturated rings. The summed E-state index contributed by atoms with van der Waals surface area (Å²) in [6.07, 6.45) is 2.98. The van der Waals surface area contributed by atoms with E-state index in [4.69, 9.17) is 4.42 Å². The monoisotopic (exact) mass is 152 g/mol. The van der Waals surface area contributed by atoms with Crippen molar-refractivity contribution in [3.8, 4) is 11.4 Å². The number of aromatic nitrogens is 2. The van der Waals surface area contributed by atoms with Gasteiger partial charge in [0, 0.05) is 5.38 Å². The van der Waals surface area contributed by atoms with Gasteiger partial charge in [0.05, 0.1) is 0 Å². The number of hydrogen-bond acceptors (Lipinski definition) is 4. The van der Waals surface area contributed by atoms with Crippen molar-refractivity contribution >= 4 is 11.5 Å². The minimum atomic E-state index is 0.793. The normalized spacial score (nSPS) is 10.0. The van der Waals surface area contributed by atoms with E-state index in [0.29, 0.717) is 0 Å². The van der Waals surface area contributed by atoms with Gasteiger partial charge in [-0.3, -0.25) is 0 Å². The van der Waals surface area contributed by atoms with Crippen LogP contribution in [0.1, 0.15) is 0 Å². The number of rotatable bonds is 1. The second kappa shape index (κ2) is 2.22. The molecule has 0 saturated carbocycles. The Hall–Kier alpha value is -1.16. The third-order valence-electron chi connectivity index (χ3n) is 1.13. The first kappa shape index (κ1) is 5.61. The van der Waals surface area contributed by atoms with E-state index in [-0.39, 0.29) is 0 Å². The van der Waals surface area contributed by atoms with Gasteiger partial charge < -0.3 is 4.42 Å². The van der Waals surface area contributed by atoms with E-state index >= 15 is 0 Å². The molecule has 2 heterocycles. The molecule has 0 aliphatic heterocycles. The fraction of sp³-hybridized carbons (Fsp3) is 0. The van der Waals surface area contributed by atoms with Crippen molar-refractivity contribution in [3.05, 3.63) is 24.1 Å². The lowest BCUT2D eigenvalue weighted by molar-refractivity contribution is 0.558. The third-order valence-corrected chi connectivity index (χ3v) is 1.69. The van der Waals surface area contributed by atoms with Crippen LogP contribution in [0.3, 0.4) is 0 Å². The van der Waals surface area contributed by atoms with Crippen molar-refractivity contribution in [1.29, 1.82) is 0 Å². The number of hydrogen-bond donors (Lipinski definition) is 0. The highest BCUT2D eigenvalue weighted by Crippen LogP contribution is 2.14. The summed E-state index contributed by atoms with van der Waals surface area (Å²) in [5.41, 5.74) is 1.67. The second-order valence-corrected chi connectivity index (χ2v) is 2.42. The second-order valence-electron chi connectivity index (χ2n) is 1.76. The Morgan fingerprint density at radius 3 is 3.00 bits per heavy atom. The van der Waals surface area contributed by atoms with Crippen molar-refractivity contribution < 1.29 is 4.42 Å². The number of nitrogens with zero attached hydrogens (tertiary/aromatic N) is 2. The summed E-state index contributed by atoms with van der Waals surface area (Å²) in [7, 11) is 0. The Balaban J connectivity index is 2.48.